The molecule has 16 heteroatoms. The molecule has 0 aromatic rings. The van der Waals surface area contributed by atoms with Crippen LogP contribution in [0.2, 0.25) is 0 Å². The Bertz CT molecular complexity index is 1100. The Labute approximate surface area is 386 Å². The van der Waals surface area contributed by atoms with E-state index in [-0.39, 0.29) is 35.5 Å². The van der Waals surface area contributed by atoms with Gasteiger partial charge in [-0.3, -0.25) is 9.59 Å². The van der Waals surface area contributed by atoms with E-state index in [0.717, 1.165) is 51.4 Å². The van der Waals surface area contributed by atoms with Crippen LogP contribution in [-0.4, -0.2) is 98.9 Å². The number of halogens is 2. The predicted octanol–water partition coefficient (Wildman–Crippen LogP) is 9.92. The molecule has 334 valence electrons. The van der Waals surface area contributed by atoms with Crippen molar-refractivity contribution >= 4 is 38.5 Å². The third kappa shape index (κ3) is 19.1. The van der Waals surface area contributed by atoms with Gasteiger partial charge in [0.05, 0.1) is 0 Å². The number of carboxylic acid groups (broad SMARTS) is 2. The van der Waals surface area contributed by atoms with E-state index in [2.05, 4.69) is 142 Å². The van der Waals surface area contributed by atoms with Crippen molar-refractivity contribution < 1.29 is 55.3 Å². The quantitative estimate of drug-likeness (QED) is 0.227. The summed E-state index contributed by atoms with van der Waals surface area (Å²) in [6.07, 6.45) is 45.5. The second-order valence-electron chi connectivity index (χ2n) is 16.0. The molecule has 0 atom stereocenters. The van der Waals surface area contributed by atoms with Gasteiger partial charge >= 0.3 is 62.1 Å². The first-order valence-electron chi connectivity index (χ1n) is 21.1. The number of carbonyl (C=O) groups is 2. The number of hydrogen-bond acceptors (Lipinski definition) is 10. The van der Waals surface area contributed by atoms with E-state index in [1.807, 2.05) is 0 Å². The van der Waals surface area contributed by atoms with Gasteiger partial charge in [0, 0.05) is 51.4 Å². The molecule has 4 heterocycles. The SMILES string of the molecule is C1=CN(C2CCCCC2)[CH-]N1CN1C=CN(C2CCCCC2)[CH-]1.C1=CN(C2CCCCC2)[CH-]N1CN1C=CN(C2CCCCC2)[CH-]1.CC(=O)O.CC(=O)O.[Br][Pt+2][Br].[Pt+2]. The second-order valence-corrected chi connectivity index (χ2v) is 26.0. The zero-order chi connectivity index (χ0) is 40.8. The molecule has 0 spiro atoms. The number of hydrogen-bond donors (Lipinski definition) is 2. The molecule has 0 aromatic carbocycles. The van der Waals surface area contributed by atoms with Gasteiger partial charge < -0.3 is 49.4 Å². The van der Waals surface area contributed by atoms with Gasteiger partial charge in [0.25, 0.3) is 11.9 Å². The van der Waals surface area contributed by atoms with Crippen LogP contribution in [0, 0.1) is 26.7 Å². The van der Waals surface area contributed by atoms with Crippen LogP contribution in [0.25, 0.3) is 0 Å². The van der Waals surface area contributed by atoms with Gasteiger partial charge in [-0.05, 0) is 101 Å². The van der Waals surface area contributed by atoms with Crippen LogP contribution in [0.4, 0.5) is 0 Å². The zero-order valence-corrected chi connectivity index (χ0v) is 42.2. The first-order chi connectivity index (χ1) is 27.6. The molecule has 8 rings (SSSR count). The van der Waals surface area contributed by atoms with Crippen molar-refractivity contribution in [3.05, 3.63) is 76.3 Å². The van der Waals surface area contributed by atoms with Crippen molar-refractivity contribution in [2.75, 3.05) is 13.3 Å². The Balaban J connectivity index is 0.000000245. The number of aliphatic carboxylic acids is 2. The summed E-state index contributed by atoms with van der Waals surface area (Å²) in [5.74, 6) is -1.67. The minimum Gasteiger partial charge on any atom is 2.00 e. The third-order valence-corrected chi connectivity index (χ3v) is 11.5. The Morgan fingerprint density at radius 3 is 0.810 bits per heavy atom. The average Bonchev–Trinajstić information content (AvgIpc) is 4.06. The van der Waals surface area contributed by atoms with Crippen molar-refractivity contribution in [1.29, 1.82) is 0 Å². The summed E-state index contributed by atoms with van der Waals surface area (Å²) in [5.41, 5.74) is 0. The summed E-state index contributed by atoms with van der Waals surface area (Å²) in [6.45, 7) is 13.2. The van der Waals surface area contributed by atoms with Crippen molar-refractivity contribution in [3.63, 3.8) is 0 Å². The standard InChI is InChI=1S/2C19H30N4.2C2H4O2.2BrH.2Pt/c2*1-3-7-18(8-4-1)22-13-11-20(16-22)15-21-12-14-23(17-21)19-9-5-2-6-10-19;2*1-2(3)4;;;;/h2*11-14,16-19H,1-10,15H2;2*1H3,(H,3,4);2*1H;;/q2*-2;;;;;+2;+4/p-2. The Hall–Kier alpha value is -1.36. The van der Waals surface area contributed by atoms with Gasteiger partial charge in [0.1, 0.15) is 0 Å². The molecule has 12 nitrogen and oxygen atoms in total. The maximum absolute atomic E-state index is 9.00. The molecule has 0 saturated heterocycles. The largest absolute Gasteiger partial charge is 2.00 e. The van der Waals surface area contributed by atoms with Crippen LogP contribution in [0.15, 0.2) is 49.6 Å². The van der Waals surface area contributed by atoms with E-state index < -0.39 is 11.9 Å². The maximum atomic E-state index is 9.00. The van der Waals surface area contributed by atoms with E-state index in [4.69, 9.17) is 19.8 Å². The average molecular weight is 1300 g/mol. The van der Waals surface area contributed by atoms with Crippen molar-refractivity contribution in [2.45, 2.75) is 166 Å². The smallest absolute Gasteiger partial charge is 2.00 e. The fourth-order valence-electron chi connectivity index (χ4n) is 8.74. The van der Waals surface area contributed by atoms with Crippen LogP contribution in [-0.2, 0) is 45.1 Å². The third-order valence-electron chi connectivity index (χ3n) is 11.5. The number of rotatable bonds is 8. The second kappa shape index (κ2) is 29.0. The molecule has 4 fully saturated rings. The molecule has 0 amide bonds. The predicted molar refractivity (Wildman–Crippen MR) is 230 cm³/mol. The first kappa shape index (κ1) is 51.0. The molecule has 4 aliphatic heterocycles. The Morgan fingerprint density at radius 2 is 0.638 bits per heavy atom. The number of carboxylic acids is 2. The molecule has 0 unspecified atom stereocenters. The van der Waals surface area contributed by atoms with E-state index >= 15 is 0 Å². The van der Waals surface area contributed by atoms with Gasteiger partial charge in [-0.25, -0.2) is 0 Å². The van der Waals surface area contributed by atoms with Crippen molar-refractivity contribution in [1.82, 2.24) is 39.2 Å². The minimum atomic E-state index is -0.833. The van der Waals surface area contributed by atoms with Gasteiger partial charge in [0.15, 0.2) is 0 Å². The van der Waals surface area contributed by atoms with E-state index in [1.54, 1.807) is 0 Å². The zero-order valence-electron chi connectivity index (χ0n) is 34.5. The Morgan fingerprint density at radius 1 is 0.466 bits per heavy atom. The van der Waals surface area contributed by atoms with Gasteiger partial charge in [0.2, 0.25) is 0 Å². The molecule has 0 aromatic heterocycles. The van der Waals surface area contributed by atoms with E-state index in [0.29, 0.717) is 0 Å². The van der Waals surface area contributed by atoms with E-state index in [1.165, 1.54) is 128 Å². The first-order valence-corrected chi connectivity index (χ1v) is 31.1. The molecule has 8 aliphatic rings. The van der Waals surface area contributed by atoms with Gasteiger partial charge in [-0.1, -0.05) is 77.0 Å². The van der Waals surface area contributed by atoms with Crippen LogP contribution in [0.5, 0.6) is 0 Å². The van der Waals surface area contributed by atoms with Gasteiger partial charge in [-0.15, -0.1) is 0 Å². The summed E-state index contributed by atoms with van der Waals surface area (Å²) >= 11 is 6.56. The maximum Gasteiger partial charge on any atom is 2.00 e. The summed E-state index contributed by atoms with van der Waals surface area (Å²) < 4.78 is 0. The monoisotopic (exact) mass is 1300 g/mol. The summed E-state index contributed by atoms with van der Waals surface area (Å²) in [7, 11) is 0. The molecule has 58 heavy (non-hydrogen) atoms. The van der Waals surface area contributed by atoms with Crippen LogP contribution in [0.1, 0.15) is 142 Å². The molecule has 0 radical (unpaired) electrons. The fourth-order valence-corrected chi connectivity index (χ4v) is 8.74. The van der Waals surface area contributed by atoms with Crippen LogP contribution in [0.3, 0.4) is 0 Å². The molecule has 0 bridgehead atoms. The fraction of sp³-hybridized carbons (Fsp3) is 0.667. The molecule has 2 N–H and O–H groups in total. The van der Waals surface area contributed by atoms with Crippen molar-refractivity contribution in [3.8, 4) is 0 Å². The topological polar surface area (TPSA) is 101 Å². The summed E-state index contributed by atoms with van der Waals surface area (Å²) in [4.78, 5) is 36.9. The summed E-state index contributed by atoms with van der Waals surface area (Å²) in [5, 5.41) is 14.8. The normalized spacial score (nSPS) is 22.5. The van der Waals surface area contributed by atoms with Gasteiger partial charge in [-0.2, -0.15) is 26.7 Å². The minimum absolute atomic E-state index is 0. The van der Waals surface area contributed by atoms with Crippen molar-refractivity contribution in [2.24, 2.45) is 0 Å². The Kier molecular flexibility index (Phi) is 25.5. The number of nitrogens with zero attached hydrogens (tertiary/aromatic N) is 8. The molecule has 4 aliphatic carbocycles. The van der Waals surface area contributed by atoms with E-state index in [9.17, 15) is 0 Å². The van der Waals surface area contributed by atoms with Crippen LogP contribution < -0.4 is 0 Å². The molecular weight excluding hydrogens is 1230 g/mol. The van der Waals surface area contributed by atoms with Crippen LogP contribution >= 0.6 is 26.6 Å². The molecular formula is C42H68Br2N8O4Pt2. The molecule has 4 saturated carbocycles. The summed E-state index contributed by atoms with van der Waals surface area (Å²) in [6, 6.07) is 2.90.